The van der Waals surface area contributed by atoms with Gasteiger partial charge in [0.05, 0.1) is 17.2 Å². The normalized spacial score (nSPS) is 10.9. The first-order chi connectivity index (χ1) is 16.0. The molecule has 4 rings (SSSR count). The maximum atomic E-state index is 15.1. The van der Waals surface area contributed by atoms with Crippen molar-refractivity contribution in [3.63, 3.8) is 0 Å². The first kappa shape index (κ1) is 22.2. The second-order valence-electron chi connectivity index (χ2n) is 7.01. The van der Waals surface area contributed by atoms with E-state index in [0.717, 1.165) is 0 Å². The highest BCUT2D eigenvalue weighted by Crippen LogP contribution is 2.29. The van der Waals surface area contributed by atoms with E-state index in [2.05, 4.69) is 9.97 Å². The van der Waals surface area contributed by atoms with Crippen LogP contribution in [0.4, 0.5) is 13.2 Å². The Balaban J connectivity index is 1.68. The lowest BCUT2D eigenvalue weighted by Crippen LogP contribution is -2.12. The number of nitrogens with zero attached hydrogens (tertiary/aromatic N) is 2. The Morgan fingerprint density at radius 1 is 0.939 bits per heavy atom. The molecule has 4 aromatic rings. The predicted molar refractivity (Wildman–Crippen MR) is 115 cm³/mol. The molecule has 1 aromatic heterocycles. The topological polar surface area (TPSA) is 87.3 Å². The summed E-state index contributed by atoms with van der Waals surface area (Å²) in [4.78, 5) is 21.3. The van der Waals surface area contributed by atoms with Crippen LogP contribution in [0.15, 0.2) is 60.8 Å². The summed E-state index contributed by atoms with van der Waals surface area (Å²) in [6.45, 7) is 0.392. The van der Waals surface area contributed by atoms with Crippen molar-refractivity contribution in [3.8, 4) is 11.6 Å². The van der Waals surface area contributed by atoms with Crippen LogP contribution in [0.25, 0.3) is 11.0 Å². The molecular formula is C24H18F3N3O3. The van der Waals surface area contributed by atoms with Crippen LogP contribution in [0.5, 0.6) is 11.6 Å². The van der Waals surface area contributed by atoms with E-state index in [-0.39, 0.29) is 36.7 Å². The fourth-order valence-corrected chi connectivity index (χ4v) is 3.13. The number of fused-ring (bicyclic) bond motifs is 1. The quantitative estimate of drug-likeness (QED) is 0.318. The van der Waals surface area contributed by atoms with Crippen molar-refractivity contribution in [2.75, 3.05) is 13.2 Å². The van der Waals surface area contributed by atoms with Crippen LogP contribution in [0.3, 0.4) is 0 Å². The predicted octanol–water partition coefficient (Wildman–Crippen LogP) is 4.19. The molecule has 0 spiro atoms. The Morgan fingerprint density at radius 2 is 1.73 bits per heavy atom. The van der Waals surface area contributed by atoms with Gasteiger partial charge < -0.3 is 15.2 Å². The summed E-state index contributed by atoms with van der Waals surface area (Å²) in [5.74, 6) is -5.75. The van der Waals surface area contributed by atoms with Crippen LogP contribution >= 0.6 is 0 Å². The lowest BCUT2D eigenvalue weighted by molar-refractivity contribution is 0.102. The fraction of sp³-hybridized carbons (Fsp3) is 0.125. The van der Waals surface area contributed by atoms with Gasteiger partial charge in [0.15, 0.2) is 29.0 Å². The second kappa shape index (κ2) is 9.66. The summed E-state index contributed by atoms with van der Waals surface area (Å²) < 4.78 is 54.4. The molecule has 0 saturated carbocycles. The number of aromatic nitrogens is 2. The van der Waals surface area contributed by atoms with E-state index in [1.165, 1.54) is 24.4 Å². The van der Waals surface area contributed by atoms with Gasteiger partial charge in [-0.25, -0.2) is 23.1 Å². The molecule has 0 amide bonds. The molecule has 33 heavy (non-hydrogen) atoms. The smallest absolute Gasteiger partial charge is 0.232 e. The Hall–Kier alpha value is -3.98. The monoisotopic (exact) mass is 453 g/mol. The van der Waals surface area contributed by atoms with Gasteiger partial charge in [-0.3, -0.25) is 4.79 Å². The molecule has 2 N–H and O–H groups in total. The number of carbonyl (C=O) groups excluding carboxylic acids is 1. The highest BCUT2D eigenvalue weighted by Gasteiger charge is 2.26. The third kappa shape index (κ3) is 4.78. The first-order valence-corrected chi connectivity index (χ1v) is 9.96. The Labute approximate surface area is 186 Å². The van der Waals surface area contributed by atoms with Crippen LogP contribution in [0.1, 0.15) is 21.5 Å². The minimum Gasteiger partial charge on any atom is -0.486 e. The molecule has 0 aliphatic rings. The summed E-state index contributed by atoms with van der Waals surface area (Å²) in [5.41, 5.74) is 5.61. The molecule has 6 nitrogen and oxygen atoms in total. The van der Waals surface area contributed by atoms with Gasteiger partial charge in [-0.05, 0) is 23.8 Å². The zero-order chi connectivity index (χ0) is 23.4. The number of carbonyl (C=O) groups is 1. The molecule has 0 saturated heterocycles. The summed E-state index contributed by atoms with van der Waals surface area (Å²) >= 11 is 0. The second-order valence-corrected chi connectivity index (χ2v) is 7.01. The Morgan fingerprint density at radius 3 is 2.48 bits per heavy atom. The van der Waals surface area contributed by atoms with Gasteiger partial charge in [-0.1, -0.05) is 30.3 Å². The number of hydrogen-bond donors (Lipinski definition) is 1. The van der Waals surface area contributed by atoms with Gasteiger partial charge >= 0.3 is 0 Å². The number of ketones is 1. The highest BCUT2D eigenvalue weighted by atomic mass is 19.2. The van der Waals surface area contributed by atoms with Gasteiger partial charge in [0.25, 0.3) is 0 Å². The van der Waals surface area contributed by atoms with Crippen molar-refractivity contribution in [1.29, 1.82) is 0 Å². The minimum atomic E-state index is -1.60. The zero-order valence-electron chi connectivity index (χ0n) is 17.2. The molecule has 1 heterocycles. The first-order valence-electron chi connectivity index (χ1n) is 9.96. The molecule has 0 unspecified atom stereocenters. The summed E-state index contributed by atoms with van der Waals surface area (Å²) in [6, 6.07) is 13.4. The average Bonchev–Trinajstić information content (AvgIpc) is 2.84. The van der Waals surface area contributed by atoms with Crippen LogP contribution in [-0.2, 0) is 6.61 Å². The van der Waals surface area contributed by atoms with Crippen LogP contribution in [-0.4, -0.2) is 28.9 Å². The van der Waals surface area contributed by atoms with Crippen molar-refractivity contribution in [2.45, 2.75) is 6.61 Å². The molecule has 0 aliphatic carbocycles. The minimum absolute atomic E-state index is 0.0897. The van der Waals surface area contributed by atoms with Crippen molar-refractivity contribution in [2.24, 2.45) is 5.73 Å². The Kier molecular flexibility index (Phi) is 6.50. The van der Waals surface area contributed by atoms with E-state index in [1.807, 2.05) is 0 Å². The van der Waals surface area contributed by atoms with E-state index < -0.39 is 34.5 Å². The standard InChI is InChI=1S/C24H18F3N3O3/c25-16-11-19(33-13-14-4-2-1-3-5-14)23(27)21(22(16)26)24(31)15-6-7-17-18(10-15)30-20(12-29-17)32-9-8-28/h1-7,10-12H,8-9,13,28H2. The van der Waals surface area contributed by atoms with E-state index in [4.69, 9.17) is 15.2 Å². The van der Waals surface area contributed by atoms with Gasteiger partial charge in [-0.2, -0.15) is 0 Å². The molecule has 0 atom stereocenters. The molecule has 0 aliphatic heterocycles. The average molecular weight is 453 g/mol. The summed E-state index contributed by atoms with van der Waals surface area (Å²) in [7, 11) is 0. The van der Waals surface area contributed by atoms with Crippen molar-refractivity contribution in [3.05, 3.63) is 94.9 Å². The van der Waals surface area contributed by atoms with Crippen LogP contribution < -0.4 is 15.2 Å². The van der Waals surface area contributed by atoms with Crippen molar-refractivity contribution >= 4 is 16.8 Å². The van der Waals surface area contributed by atoms with Gasteiger partial charge in [-0.15, -0.1) is 0 Å². The third-order valence-electron chi connectivity index (χ3n) is 4.74. The van der Waals surface area contributed by atoms with Gasteiger partial charge in [0.1, 0.15) is 18.8 Å². The zero-order valence-corrected chi connectivity index (χ0v) is 17.2. The highest BCUT2D eigenvalue weighted by molar-refractivity contribution is 6.10. The van der Waals surface area contributed by atoms with Crippen LogP contribution in [0, 0.1) is 17.5 Å². The number of rotatable bonds is 8. The molecule has 0 fully saturated rings. The van der Waals surface area contributed by atoms with E-state index in [1.54, 1.807) is 30.3 Å². The third-order valence-corrected chi connectivity index (χ3v) is 4.74. The number of hydrogen-bond acceptors (Lipinski definition) is 6. The summed E-state index contributed by atoms with van der Waals surface area (Å²) in [5, 5.41) is 0. The van der Waals surface area contributed by atoms with Gasteiger partial charge in [0, 0.05) is 18.2 Å². The van der Waals surface area contributed by atoms with Crippen LogP contribution in [0.2, 0.25) is 0 Å². The van der Waals surface area contributed by atoms with Crippen molar-refractivity contribution in [1.82, 2.24) is 9.97 Å². The lowest BCUT2D eigenvalue weighted by atomic mass is 10.0. The molecule has 0 radical (unpaired) electrons. The van der Waals surface area contributed by atoms with Crippen molar-refractivity contribution < 1.29 is 27.4 Å². The van der Waals surface area contributed by atoms with E-state index >= 15 is 4.39 Å². The number of benzene rings is 3. The molecule has 9 heteroatoms. The molecule has 0 bridgehead atoms. The number of nitrogens with two attached hydrogens (primary N) is 1. The Bertz CT molecular complexity index is 1320. The van der Waals surface area contributed by atoms with E-state index in [0.29, 0.717) is 17.1 Å². The maximum Gasteiger partial charge on any atom is 0.232 e. The largest absolute Gasteiger partial charge is 0.486 e. The van der Waals surface area contributed by atoms with Gasteiger partial charge in [0.2, 0.25) is 5.88 Å². The molecule has 3 aromatic carbocycles. The molecule has 168 valence electrons. The fourth-order valence-electron chi connectivity index (χ4n) is 3.13. The number of halogens is 3. The maximum absolute atomic E-state index is 15.1. The lowest BCUT2D eigenvalue weighted by Gasteiger charge is -2.12. The number of ether oxygens (including phenoxy) is 2. The molecular weight excluding hydrogens is 435 g/mol. The SMILES string of the molecule is NCCOc1cnc2ccc(C(=O)c3c(F)c(F)cc(OCc4ccccc4)c3F)cc2n1. The van der Waals surface area contributed by atoms with E-state index in [9.17, 15) is 13.6 Å². The summed E-state index contributed by atoms with van der Waals surface area (Å²) in [6.07, 6.45) is 1.39.